The second-order valence-electron chi connectivity index (χ2n) is 4.32. The molecular weight excluding hydrogens is 164 g/mol. The number of carboxylic acid groups (broad SMARTS) is 1. The van der Waals surface area contributed by atoms with Gasteiger partial charge in [0.05, 0.1) is 5.92 Å². The summed E-state index contributed by atoms with van der Waals surface area (Å²) >= 11 is 0. The molecule has 1 N–H and O–H groups in total. The maximum absolute atomic E-state index is 10.9. The molecule has 0 aliphatic rings. The Morgan fingerprint density at radius 1 is 1.31 bits per heavy atom. The quantitative estimate of drug-likeness (QED) is 0.691. The first-order valence-corrected chi connectivity index (χ1v) is 5.21. The first-order valence-electron chi connectivity index (χ1n) is 5.21. The highest BCUT2D eigenvalue weighted by Crippen LogP contribution is 2.23. The average molecular weight is 186 g/mol. The molecule has 0 aromatic heterocycles. The van der Waals surface area contributed by atoms with E-state index in [0.717, 1.165) is 19.3 Å². The van der Waals surface area contributed by atoms with Gasteiger partial charge in [0.15, 0.2) is 0 Å². The predicted octanol–water partition coefficient (Wildman–Crippen LogP) is 3.17. The third kappa shape index (κ3) is 4.91. The summed E-state index contributed by atoms with van der Waals surface area (Å²) in [6.07, 6.45) is 3.10. The van der Waals surface area contributed by atoms with Gasteiger partial charge in [-0.15, -0.1) is 0 Å². The molecule has 2 unspecified atom stereocenters. The number of hydrogen-bond acceptors (Lipinski definition) is 1. The third-order valence-corrected chi connectivity index (χ3v) is 2.56. The van der Waals surface area contributed by atoms with Crippen molar-refractivity contribution in [2.45, 2.75) is 47.0 Å². The number of carbonyl (C=O) groups is 1. The first kappa shape index (κ1) is 12.5. The molecule has 0 heterocycles. The molecule has 0 radical (unpaired) electrons. The Bertz CT molecular complexity index is 152. The molecule has 2 nitrogen and oxygen atoms in total. The van der Waals surface area contributed by atoms with E-state index in [9.17, 15) is 4.79 Å². The minimum absolute atomic E-state index is 0.165. The maximum Gasteiger partial charge on any atom is 0.306 e. The Morgan fingerprint density at radius 2 is 1.85 bits per heavy atom. The second-order valence-corrected chi connectivity index (χ2v) is 4.32. The maximum atomic E-state index is 10.9. The predicted molar refractivity (Wildman–Crippen MR) is 54.7 cm³/mol. The highest BCUT2D eigenvalue weighted by molar-refractivity contribution is 5.70. The highest BCUT2D eigenvalue weighted by Gasteiger charge is 2.23. The Hall–Kier alpha value is -0.530. The Kier molecular flexibility index (Phi) is 5.76. The van der Waals surface area contributed by atoms with Crippen molar-refractivity contribution >= 4 is 5.97 Å². The Balaban J connectivity index is 4.02. The molecule has 0 aliphatic heterocycles. The molecule has 0 aromatic carbocycles. The summed E-state index contributed by atoms with van der Waals surface area (Å²) in [4.78, 5) is 10.9. The van der Waals surface area contributed by atoms with Crippen LogP contribution in [0.25, 0.3) is 0 Å². The van der Waals surface area contributed by atoms with Gasteiger partial charge in [-0.25, -0.2) is 0 Å². The van der Waals surface area contributed by atoms with E-state index in [-0.39, 0.29) is 11.8 Å². The van der Waals surface area contributed by atoms with E-state index in [1.807, 2.05) is 13.8 Å². The molecule has 13 heavy (non-hydrogen) atoms. The van der Waals surface area contributed by atoms with E-state index in [2.05, 4.69) is 13.8 Å². The summed E-state index contributed by atoms with van der Waals surface area (Å²) in [6, 6.07) is 0. The van der Waals surface area contributed by atoms with Gasteiger partial charge in [-0.05, 0) is 18.3 Å². The average Bonchev–Trinajstić information content (AvgIpc) is 1.99. The molecule has 0 fully saturated rings. The van der Waals surface area contributed by atoms with Gasteiger partial charge in [0.1, 0.15) is 0 Å². The summed E-state index contributed by atoms with van der Waals surface area (Å²) in [6.45, 7) is 8.25. The molecule has 0 spiro atoms. The van der Waals surface area contributed by atoms with Gasteiger partial charge in [-0.1, -0.05) is 40.5 Å². The van der Waals surface area contributed by atoms with Gasteiger partial charge in [0.25, 0.3) is 0 Å². The zero-order valence-electron chi connectivity index (χ0n) is 9.21. The summed E-state index contributed by atoms with van der Waals surface area (Å²) in [5, 5.41) is 8.96. The molecule has 78 valence electrons. The normalized spacial score (nSPS) is 15.8. The van der Waals surface area contributed by atoms with Crippen molar-refractivity contribution in [2.24, 2.45) is 17.8 Å². The van der Waals surface area contributed by atoms with Crippen LogP contribution in [0, 0.1) is 17.8 Å². The fourth-order valence-corrected chi connectivity index (χ4v) is 1.70. The van der Waals surface area contributed by atoms with Crippen molar-refractivity contribution in [1.82, 2.24) is 0 Å². The van der Waals surface area contributed by atoms with Crippen molar-refractivity contribution < 1.29 is 9.90 Å². The fraction of sp³-hybridized carbons (Fsp3) is 0.909. The van der Waals surface area contributed by atoms with Gasteiger partial charge in [0.2, 0.25) is 0 Å². The lowest BCUT2D eigenvalue weighted by Gasteiger charge is -2.19. The fourth-order valence-electron chi connectivity index (χ4n) is 1.70. The summed E-state index contributed by atoms with van der Waals surface area (Å²) in [7, 11) is 0. The van der Waals surface area contributed by atoms with Crippen LogP contribution in [-0.4, -0.2) is 11.1 Å². The standard InChI is InChI=1S/C11H22O2/c1-5-6-9(4)7-10(8(2)3)11(12)13/h8-10H,5-7H2,1-4H3,(H,12,13). The second kappa shape index (κ2) is 6.01. The van der Waals surface area contributed by atoms with Crippen molar-refractivity contribution in [3.8, 4) is 0 Å². The van der Waals surface area contributed by atoms with E-state index in [4.69, 9.17) is 5.11 Å². The van der Waals surface area contributed by atoms with Gasteiger partial charge >= 0.3 is 5.97 Å². The van der Waals surface area contributed by atoms with Crippen molar-refractivity contribution in [2.75, 3.05) is 0 Å². The van der Waals surface area contributed by atoms with Gasteiger partial charge < -0.3 is 5.11 Å². The SMILES string of the molecule is CCCC(C)CC(C(=O)O)C(C)C. The van der Waals surface area contributed by atoms with Crippen molar-refractivity contribution in [1.29, 1.82) is 0 Å². The monoisotopic (exact) mass is 186 g/mol. The number of carboxylic acids is 1. The van der Waals surface area contributed by atoms with Crippen LogP contribution in [0.1, 0.15) is 47.0 Å². The Labute approximate surface area is 81.3 Å². The van der Waals surface area contributed by atoms with Crippen LogP contribution in [0.2, 0.25) is 0 Å². The van der Waals surface area contributed by atoms with Gasteiger partial charge in [-0.2, -0.15) is 0 Å². The molecule has 0 aromatic rings. The molecule has 2 atom stereocenters. The van der Waals surface area contributed by atoms with E-state index in [1.165, 1.54) is 0 Å². The van der Waals surface area contributed by atoms with E-state index >= 15 is 0 Å². The molecule has 0 rings (SSSR count). The van der Waals surface area contributed by atoms with Crippen LogP contribution >= 0.6 is 0 Å². The van der Waals surface area contributed by atoms with E-state index in [1.54, 1.807) is 0 Å². The molecule has 0 aliphatic carbocycles. The lowest BCUT2D eigenvalue weighted by Crippen LogP contribution is -2.22. The molecule has 0 saturated carbocycles. The minimum Gasteiger partial charge on any atom is -0.481 e. The van der Waals surface area contributed by atoms with Crippen molar-refractivity contribution in [3.63, 3.8) is 0 Å². The zero-order valence-corrected chi connectivity index (χ0v) is 9.21. The van der Waals surface area contributed by atoms with Crippen LogP contribution in [-0.2, 0) is 4.79 Å². The van der Waals surface area contributed by atoms with Gasteiger partial charge in [0, 0.05) is 0 Å². The summed E-state index contributed by atoms with van der Waals surface area (Å²) < 4.78 is 0. The summed E-state index contributed by atoms with van der Waals surface area (Å²) in [5.74, 6) is -0.0233. The molecule has 0 saturated heterocycles. The van der Waals surface area contributed by atoms with E-state index < -0.39 is 5.97 Å². The lowest BCUT2D eigenvalue weighted by atomic mass is 9.85. The topological polar surface area (TPSA) is 37.3 Å². The van der Waals surface area contributed by atoms with Crippen LogP contribution in [0.4, 0.5) is 0 Å². The van der Waals surface area contributed by atoms with Crippen LogP contribution in [0.15, 0.2) is 0 Å². The lowest BCUT2D eigenvalue weighted by molar-refractivity contribution is -0.143. The first-order chi connectivity index (χ1) is 5.99. The number of rotatable bonds is 6. The van der Waals surface area contributed by atoms with Crippen LogP contribution < -0.4 is 0 Å². The Morgan fingerprint density at radius 3 is 2.15 bits per heavy atom. The smallest absolute Gasteiger partial charge is 0.306 e. The van der Waals surface area contributed by atoms with E-state index in [0.29, 0.717) is 5.92 Å². The molecule has 0 bridgehead atoms. The molecule has 0 amide bonds. The number of hydrogen-bond donors (Lipinski definition) is 1. The third-order valence-electron chi connectivity index (χ3n) is 2.56. The van der Waals surface area contributed by atoms with Crippen molar-refractivity contribution in [3.05, 3.63) is 0 Å². The molecular formula is C11H22O2. The van der Waals surface area contributed by atoms with Crippen LogP contribution in [0.3, 0.4) is 0 Å². The zero-order chi connectivity index (χ0) is 10.4. The molecule has 2 heteroatoms. The largest absolute Gasteiger partial charge is 0.481 e. The minimum atomic E-state index is -0.641. The number of aliphatic carboxylic acids is 1. The highest BCUT2D eigenvalue weighted by atomic mass is 16.4. The summed E-state index contributed by atoms with van der Waals surface area (Å²) in [5.41, 5.74) is 0. The van der Waals surface area contributed by atoms with Crippen LogP contribution in [0.5, 0.6) is 0 Å². The van der Waals surface area contributed by atoms with Gasteiger partial charge in [-0.3, -0.25) is 4.79 Å².